The molecule has 0 aliphatic heterocycles. The third-order valence-corrected chi connectivity index (χ3v) is 7.55. The number of anilines is 2. The predicted octanol–water partition coefficient (Wildman–Crippen LogP) is 4.22. The summed E-state index contributed by atoms with van der Waals surface area (Å²) < 4.78 is 34.4. The number of benzene rings is 3. The van der Waals surface area contributed by atoms with Gasteiger partial charge in [0.1, 0.15) is 5.75 Å². The number of carbonyl (C=O) groups excluding carboxylic acids is 1. The summed E-state index contributed by atoms with van der Waals surface area (Å²) >= 11 is 1.12. The summed E-state index contributed by atoms with van der Waals surface area (Å²) in [5.41, 5.74) is 3.00. The molecule has 0 unspecified atom stereocenters. The number of hydrogen-bond donors (Lipinski definition) is 1. The quantitative estimate of drug-likeness (QED) is 0.382. The van der Waals surface area contributed by atoms with Gasteiger partial charge in [0.2, 0.25) is 10.0 Å². The first-order valence-electron chi connectivity index (χ1n) is 10.9. The monoisotopic (exact) mass is 511 g/mol. The van der Waals surface area contributed by atoms with E-state index < -0.39 is 10.0 Å². The van der Waals surface area contributed by atoms with Crippen LogP contribution < -0.4 is 19.2 Å². The minimum absolute atomic E-state index is 0.0638. The highest BCUT2D eigenvalue weighted by atomic mass is 32.2. The number of nitrogens with one attached hydrogen (secondary N) is 1. The van der Waals surface area contributed by atoms with Gasteiger partial charge < -0.3 is 14.6 Å². The zero-order valence-electron chi connectivity index (χ0n) is 19.5. The van der Waals surface area contributed by atoms with Gasteiger partial charge in [0.05, 0.1) is 35.3 Å². The Morgan fingerprint density at radius 3 is 2.49 bits per heavy atom. The first-order valence-corrected chi connectivity index (χ1v) is 13.5. The number of amides is 1. The Morgan fingerprint density at radius 2 is 1.80 bits per heavy atom. The molecular formula is C25H25N3O5S2. The molecule has 0 aliphatic rings. The average molecular weight is 512 g/mol. The van der Waals surface area contributed by atoms with Gasteiger partial charge in [0, 0.05) is 18.3 Å². The van der Waals surface area contributed by atoms with Crippen LogP contribution in [0.25, 0.3) is 10.2 Å². The van der Waals surface area contributed by atoms with E-state index in [-0.39, 0.29) is 17.3 Å². The lowest BCUT2D eigenvalue weighted by molar-refractivity contribution is 0.102. The second kappa shape index (κ2) is 9.93. The van der Waals surface area contributed by atoms with Crippen molar-refractivity contribution in [3.63, 3.8) is 0 Å². The van der Waals surface area contributed by atoms with Crippen molar-refractivity contribution in [3.05, 3.63) is 87.5 Å². The smallest absolute Gasteiger partial charge is 0.307 e. The number of aromatic nitrogens is 1. The van der Waals surface area contributed by atoms with Crippen molar-refractivity contribution < 1.29 is 17.9 Å². The van der Waals surface area contributed by atoms with Crippen molar-refractivity contribution in [1.29, 1.82) is 0 Å². The van der Waals surface area contributed by atoms with Crippen molar-refractivity contribution >= 4 is 48.9 Å². The van der Waals surface area contributed by atoms with Crippen LogP contribution in [0.1, 0.15) is 22.8 Å². The molecule has 0 radical (unpaired) electrons. The van der Waals surface area contributed by atoms with Crippen molar-refractivity contribution in [2.45, 2.75) is 13.5 Å². The fraction of sp³-hybridized carbons (Fsp3) is 0.200. The van der Waals surface area contributed by atoms with E-state index in [1.807, 2.05) is 6.92 Å². The summed E-state index contributed by atoms with van der Waals surface area (Å²) in [6.07, 6.45) is 1.15. The van der Waals surface area contributed by atoms with Gasteiger partial charge in [0.15, 0.2) is 0 Å². The topological polar surface area (TPSA) is 97.7 Å². The Labute approximate surface area is 207 Å². The summed E-state index contributed by atoms with van der Waals surface area (Å²) in [6.45, 7) is 2.34. The summed E-state index contributed by atoms with van der Waals surface area (Å²) in [5, 5.41) is 2.84. The second-order valence-corrected chi connectivity index (χ2v) is 10.8. The minimum atomic E-state index is -3.59. The van der Waals surface area contributed by atoms with E-state index in [0.717, 1.165) is 27.8 Å². The van der Waals surface area contributed by atoms with Gasteiger partial charge in [-0.3, -0.25) is 13.9 Å². The van der Waals surface area contributed by atoms with Crippen molar-refractivity contribution in [3.8, 4) is 5.75 Å². The Kier molecular flexibility index (Phi) is 6.95. The van der Waals surface area contributed by atoms with Crippen LogP contribution in [-0.2, 0) is 23.6 Å². The summed E-state index contributed by atoms with van der Waals surface area (Å²) in [6, 6.07) is 19.1. The van der Waals surface area contributed by atoms with Crippen LogP contribution in [0, 0.1) is 0 Å². The molecule has 3 aromatic carbocycles. The molecule has 1 aromatic heterocycles. The van der Waals surface area contributed by atoms with E-state index in [1.54, 1.807) is 78.3 Å². The molecule has 10 heteroatoms. The molecule has 1 N–H and O–H groups in total. The van der Waals surface area contributed by atoms with Crippen LogP contribution in [0.15, 0.2) is 71.5 Å². The number of ether oxygens (including phenoxy) is 1. The third-order valence-electron chi connectivity index (χ3n) is 5.43. The van der Waals surface area contributed by atoms with Gasteiger partial charge in [-0.2, -0.15) is 0 Å². The Morgan fingerprint density at radius 1 is 1.09 bits per heavy atom. The van der Waals surface area contributed by atoms with Crippen molar-refractivity contribution in [2.24, 2.45) is 7.05 Å². The maximum Gasteiger partial charge on any atom is 0.307 e. The van der Waals surface area contributed by atoms with Gasteiger partial charge in [-0.1, -0.05) is 35.6 Å². The average Bonchev–Trinajstić information content (AvgIpc) is 3.10. The first kappa shape index (κ1) is 24.5. The van der Waals surface area contributed by atoms with Crippen molar-refractivity contribution in [1.82, 2.24) is 4.57 Å². The first-order chi connectivity index (χ1) is 16.7. The SMILES string of the molecule is CCOc1ccccc1N(Cc1ccc(C(=O)Nc2ccc3c(c2)sc(=O)n3C)cc1)S(C)(=O)=O. The summed E-state index contributed by atoms with van der Waals surface area (Å²) in [5.74, 6) is 0.178. The van der Waals surface area contributed by atoms with Crippen LogP contribution >= 0.6 is 11.3 Å². The van der Waals surface area contributed by atoms with E-state index in [9.17, 15) is 18.0 Å². The van der Waals surface area contributed by atoms with Crippen LogP contribution in [0.5, 0.6) is 5.75 Å². The number of sulfonamides is 1. The second-order valence-electron chi connectivity index (χ2n) is 7.93. The maximum atomic E-state index is 12.8. The number of nitrogens with zero attached hydrogens (tertiary/aromatic N) is 2. The van der Waals surface area contributed by atoms with E-state index >= 15 is 0 Å². The molecule has 0 atom stereocenters. The lowest BCUT2D eigenvalue weighted by atomic mass is 10.1. The highest BCUT2D eigenvalue weighted by Crippen LogP contribution is 2.31. The Hall–Kier alpha value is -3.63. The molecule has 1 amide bonds. The van der Waals surface area contributed by atoms with Crippen LogP contribution in [0.3, 0.4) is 0 Å². The lowest BCUT2D eigenvalue weighted by Crippen LogP contribution is -2.29. The zero-order chi connectivity index (χ0) is 25.2. The lowest BCUT2D eigenvalue weighted by Gasteiger charge is -2.24. The molecule has 35 heavy (non-hydrogen) atoms. The molecule has 0 saturated heterocycles. The number of carbonyl (C=O) groups is 1. The largest absolute Gasteiger partial charge is 0.492 e. The normalized spacial score (nSPS) is 11.4. The number of para-hydroxylation sites is 2. The van der Waals surface area contributed by atoms with Crippen LogP contribution in [0.2, 0.25) is 0 Å². The van der Waals surface area contributed by atoms with Gasteiger partial charge in [-0.15, -0.1) is 0 Å². The molecule has 1 heterocycles. The molecule has 182 valence electrons. The van der Waals surface area contributed by atoms with Gasteiger partial charge in [0.25, 0.3) is 5.91 Å². The van der Waals surface area contributed by atoms with E-state index in [2.05, 4.69) is 5.32 Å². The number of rotatable bonds is 8. The van der Waals surface area contributed by atoms with Crippen LogP contribution in [0.4, 0.5) is 11.4 Å². The van der Waals surface area contributed by atoms with Gasteiger partial charge >= 0.3 is 4.87 Å². The number of hydrogen-bond acceptors (Lipinski definition) is 6. The van der Waals surface area contributed by atoms with Gasteiger partial charge in [-0.25, -0.2) is 8.42 Å². The Balaban J connectivity index is 1.52. The van der Waals surface area contributed by atoms with Crippen molar-refractivity contribution in [2.75, 3.05) is 22.5 Å². The number of thiazole rings is 1. The Bertz CT molecular complexity index is 1540. The fourth-order valence-electron chi connectivity index (χ4n) is 3.66. The third kappa shape index (κ3) is 5.39. The number of aryl methyl sites for hydroxylation is 1. The molecule has 0 bridgehead atoms. The van der Waals surface area contributed by atoms with Gasteiger partial charge in [-0.05, 0) is 55.0 Å². The van der Waals surface area contributed by atoms with E-state index in [1.165, 1.54) is 4.31 Å². The molecule has 4 rings (SSSR count). The van der Waals surface area contributed by atoms with Crippen LogP contribution in [-0.4, -0.2) is 31.8 Å². The summed E-state index contributed by atoms with van der Waals surface area (Å²) in [4.78, 5) is 24.5. The minimum Gasteiger partial charge on any atom is -0.492 e. The highest BCUT2D eigenvalue weighted by molar-refractivity contribution is 7.92. The standard InChI is InChI=1S/C25H25N3O5S2/c1-4-33-22-8-6-5-7-20(22)28(35(3,31)32)16-17-9-11-18(12-10-17)24(29)26-19-13-14-21-23(15-19)34-25(30)27(21)2/h5-15H,4,16H2,1-3H3,(H,26,29). The molecule has 8 nitrogen and oxygen atoms in total. The molecule has 0 spiro atoms. The molecular weight excluding hydrogens is 486 g/mol. The number of fused-ring (bicyclic) bond motifs is 1. The molecule has 0 aliphatic carbocycles. The zero-order valence-corrected chi connectivity index (χ0v) is 21.2. The molecule has 0 saturated carbocycles. The predicted molar refractivity (Wildman–Crippen MR) is 140 cm³/mol. The summed E-state index contributed by atoms with van der Waals surface area (Å²) in [7, 11) is -1.88. The van der Waals surface area contributed by atoms with E-state index in [4.69, 9.17) is 4.74 Å². The highest BCUT2D eigenvalue weighted by Gasteiger charge is 2.21. The fourth-order valence-corrected chi connectivity index (χ4v) is 5.47. The van der Waals surface area contributed by atoms with E-state index in [0.29, 0.717) is 34.9 Å². The molecule has 4 aromatic rings. The molecule has 0 fully saturated rings. The maximum absolute atomic E-state index is 12.8.